The Kier molecular flexibility index (Phi) is 5.35. The van der Waals surface area contributed by atoms with Crippen molar-refractivity contribution in [3.8, 4) is 0 Å². The molecule has 4 nitrogen and oxygen atoms in total. The zero-order chi connectivity index (χ0) is 13.8. The molecular weight excluding hydrogens is 224 g/mol. The van der Waals surface area contributed by atoms with E-state index in [0.29, 0.717) is 11.3 Å². The molecule has 1 aromatic rings. The van der Waals surface area contributed by atoms with Crippen molar-refractivity contribution in [2.45, 2.75) is 60.0 Å². The molecule has 0 fully saturated rings. The van der Waals surface area contributed by atoms with E-state index in [4.69, 9.17) is 5.84 Å². The van der Waals surface area contributed by atoms with Crippen molar-refractivity contribution in [1.29, 1.82) is 0 Å². The van der Waals surface area contributed by atoms with Crippen LogP contribution in [0.1, 0.15) is 59.2 Å². The molecule has 2 unspecified atom stereocenters. The lowest BCUT2D eigenvalue weighted by atomic mass is 9.78. The first kappa shape index (κ1) is 15.2. The maximum atomic E-state index is 5.73. The van der Waals surface area contributed by atoms with Crippen LogP contribution in [0, 0.1) is 11.3 Å². The van der Waals surface area contributed by atoms with Crippen molar-refractivity contribution in [3.05, 3.63) is 18.0 Å². The van der Waals surface area contributed by atoms with Gasteiger partial charge < -0.3 is 0 Å². The third-order valence-corrected chi connectivity index (χ3v) is 3.81. The van der Waals surface area contributed by atoms with Gasteiger partial charge in [0, 0.05) is 12.7 Å². The number of nitrogens with one attached hydrogen (secondary N) is 1. The summed E-state index contributed by atoms with van der Waals surface area (Å²) in [5, 5.41) is 4.37. The summed E-state index contributed by atoms with van der Waals surface area (Å²) in [4.78, 5) is 0. The van der Waals surface area contributed by atoms with Gasteiger partial charge in [-0.05, 0) is 30.2 Å². The molecule has 0 saturated carbocycles. The van der Waals surface area contributed by atoms with Gasteiger partial charge >= 0.3 is 0 Å². The van der Waals surface area contributed by atoms with Crippen molar-refractivity contribution < 1.29 is 0 Å². The van der Waals surface area contributed by atoms with E-state index in [1.165, 1.54) is 5.69 Å². The number of hydrogen-bond donors (Lipinski definition) is 2. The Morgan fingerprint density at radius 2 is 2.11 bits per heavy atom. The lowest BCUT2D eigenvalue weighted by Gasteiger charge is -2.30. The molecule has 0 aromatic carbocycles. The van der Waals surface area contributed by atoms with E-state index in [2.05, 4.69) is 55.9 Å². The third-order valence-electron chi connectivity index (χ3n) is 3.81. The summed E-state index contributed by atoms with van der Waals surface area (Å²) >= 11 is 0. The highest BCUT2D eigenvalue weighted by atomic mass is 15.3. The monoisotopic (exact) mass is 252 g/mol. The van der Waals surface area contributed by atoms with Crippen molar-refractivity contribution in [3.63, 3.8) is 0 Å². The summed E-state index contributed by atoms with van der Waals surface area (Å²) in [5.41, 5.74) is 4.43. The third kappa shape index (κ3) is 3.82. The molecule has 18 heavy (non-hydrogen) atoms. The molecule has 2 atom stereocenters. The second-order valence-corrected chi connectivity index (χ2v) is 6.20. The van der Waals surface area contributed by atoms with Crippen LogP contribution in [0.2, 0.25) is 0 Å². The standard InChI is InChI=1S/C14H28N4/c1-6-9-18-13(7-8-16-18)12(17-15)10-11(2)14(3,4)5/h7-8,11-12,17H,6,9-10,15H2,1-5H3. The highest BCUT2D eigenvalue weighted by molar-refractivity contribution is 5.07. The Morgan fingerprint density at radius 1 is 1.44 bits per heavy atom. The van der Waals surface area contributed by atoms with Gasteiger partial charge in [0.2, 0.25) is 0 Å². The second-order valence-electron chi connectivity index (χ2n) is 6.20. The summed E-state index contributed by atoms with van der Waals surface area (Å²) in [7, 11) is 0. The summed E-state index contributed by atoms with van der Waals surface area (Å²) in [5.74, 6) is 6.32. The van der Waals surface area contributed by atoms with Crippen LogP contribution in [-0.2, 0) is 6.54 Å². The molecule has 0 spiro atoms. The molecule has 1 aromatic heterocycles. The second kappa shape index (κ2) is 6.34. The van der Waals surface area contributed by atoms with Gasteiger partial charge in [-0.15, -0.1) is 0 Å². The van der Waals surface area contributed by atoms with E-state index in [1.807, 2.05) is 6.20 Å². The van der Waals surface area contributed by atoms with E-state index in [1.54, 1.807) is 0 Å². The van der Waals surface area contributed by atoms with Gasteiger partial charge in [0.05, 0.1) is 11.7 Å². The van der Waals surface area contributed by atoms with Crippen LogP contribution in [0.15, 0.2) is 12.3 Å². The number of nitrogens with zero attached hydrogens (tertiary/aromatic N) is 2. The van der Waals surface area contributed by atoms with E-state index in [-0.39, 0.29) is 6.04 Å². The van der Waals surface area contributed by atoms with E-state index in [0.717, 1.165) is 19.4 Å². The fraction of sp³-hybridized carbons (Fsp3) is 0.786. The number of hydrazine groups is 1. The van der Waals surface area contributed by atoms with Gasteiger partial charge in [-0.1, -0.05) is 34.6 Å². The summed E-state index contributed by atoms with van der Waals surface area (Å²) in [6, 6.07) is 2.24. The molecule has 0 saturated heterocycles. The Hall–Kier alpha value is -0.870. The number of nitrogens with two attached hydrogens (primary N) is 1. The van der Waals surface area contributed by atoms with Gasteiger partial charge in [0.1, 0.15) is 0 Å². The fourth-order valence-corrected chi connectivity index (χ4v) is 2.02. The zero-order valence-electron chi connectivity index (χ0n) is 12.4. The average molecular weight is 252 g/mol. The Bertz CT molecular complexity index is 351. The maximum Gasteiger partial charge on any atom is 0.0631 e. The van der Waals surface area contributed by atoms with Crippen molar-refractivity contribution in [1.82, 2.24) is 15.2 Å². The lowest BCUT2D eigenvalue weighted by Crippen LogP contribution is -2.33. The summed E-state index contributed by atoms with van der Waals surface area (Å²) in [6.45, 7) is 12.2. The molecule has 104 valence electrons. The highest BCUT2D eigenvalue weighted by Crippen LogP contribution is 2.32. The molecule has 1 heterocycles. The van der Waals surface area contributed by atoms with E-state index >= 15 is 0 Å². The number of aromatic nitrogens is 2. The maximum absolute atomic E-state index is 5.73. The van der Waals surface area contributed by atoms with Crippen LogP contribution in [0.5, 0.6) is 0 Å². The largest absolute Gasteiger partial charge is 0.271 e. The van der Waals surface area contributed by atoms with Crippen LogP contribution in [-0.4, -0.2) is 9.78 Å². The summed E-state index contributed by atoms with van der Waals surface area (Å²) < 4.78 is 2.06. The molecule has 3 N–H and O–H groups in total. The van der Waals surface area contributed by atoms with Gasteiger partial charge in [-0.25, -0.2) is 0 Å². The number of aryl methyl sites for hydroxylation is 1. The Labute approximate surface area is 111 Å². The van der Waals surface area contributed by atoms with Crippen LogP contribution >= 0.6 is 0 Å². The van der Waals surface area contributed by atoms with Crippen LogP contribution < -0.4 is 11.3 Å². The first-order valence-electron chi connectivity index (χ1n) is 6.88. The molecule has 0 aliphatic carbocycles. The predicted molar refractivity (Wildman–Crippen MR) is 75.8 cm³/mol. The first-order valence-corrected chi connectivity index (χ1v) is 6.88. The van der Waals surface area contributed by atoms with E-state index in [9.17, 15) is 0 Å². The summed E-state index contributed by atoms with van der Waals surface area (Å²) in [6.07, 6.45) is 3.97. The highest BCUT2D eigenvalue weighted by Gasteiger charge is 2.25. The molecule has 0 radical (unpaired) electrons. The number of rotatable bonds is 6. The topological polar surface area (TPSA) is 55.9 Å². The minimum atomic E-state index is 0.174. The smallest absolute Gasteiger partial charge is 0.0631 e. The van der Waals surface area contributed by atoms with Crippen LogP contribution in [0.25, 0.3) is 0 Å². The van der Waals surface area contributed by atoms with Crippen LogP contribution in [0.3, 0.4) is 0 Å². The average Bonchev–Trinajstić information content (AvgIpc) is 2.73. The fourth-order valence-electron chi connectivity index (χ4n) is 2.02. The van der Waals surface area contributed by atoms with E-state index < -0.39 is 0 Å². The van der Waals surface area contributed by atoms with Crippen LogP contribution in [0.4, 0.5) is 0 Å². The predicted octanol–water partition coefficient (Wildman–Crippen LogP) is 2.87. The molecular formula is C14H28N4. The lowest BCUT2D eigenvalue weighted by molar-refractivity contribution is 0.220. The first-order chi connectivity index (χ1) is 8.40. The van der Waals surface area contributed by atoms with Gasteiger partial charge in [-0.3, -0.25) is 16.0 Å². The molecule has 0 bridgehead atoms. The van der Waals surface area contributed by atoms with Gasteiger partial charge in [0.15, 0.2) is 0 Å². The number of hydrogen-bond acceptors (Lipinski definition) is 3. The van der Waals surface area contributed by atoms with Gasteiger partial charge in [0.25, 0.3) is 0 Å². The molecule has 0 aliphatic heterocycles. The van der Waals surface area contributed by atoms with Crippen molar-refractivity contribution in [2.75, 3.05) is 0 Å². The molecule has 1 rings (SSSR count). The quantitative estimate of drug-likeness (QED) is 0.604. The Morgan fingerprint density at radius 3 is 2.61 bits per heavy atom. The molecule has 0 aliphatic rings. The zero-order valence-corrected chi connectivity index (χ0v) is 12.4. The molecule has 4 heteroatoms. The minimum absolute atomic E-state index is 0.174. The SMILES string of the molecule is CCCn1nccc1C(CC(C)C(C)(C)C)NN. The van der Waals surface area contributed by atoms with Crippen molar-refractivity contribution >= 4 is 0 Å². The normalized spacial score (nSPS) is 15.7. The van der Waals surface area contributed by atoms with Crippen molar-refractivity contribution in [2.24, 2.45) is 17.2 Å². The van der Waals surface area contributed by atoms with Gasteiger partial charge in [-0.2, -0.15) is 5.10 Å². The minimum Gasteiger partial charge on any atom is -0.271 e. The molecule has 0 amide bonds. The Balaban J connectivity index is 2.80.